The van der Waals surface area contributed by atoms with E-state index in [1.807, 2.05) is 0 Å². The van der Waals surface area contributed by atoms with E-state index in [1.165, 1.54) is 6.07 Å². The Bertz CT molecular complexity index is 689. The van der Waals surface area contributed by atoms with Gasteiger partial charge < -0.3 is 10.4 Å². The van der Waals surface area contributed by atoms with Crippen LogP contribution < -0.4 is 5.32 Å². The van der Waals surface area contributed by atoms with Crippen LogP contribution in [0.15, 0.2) is 34.8 Å². The number of hydrogen-bond donors (Lipinski definition) is 2. The number of phenolic OH excluding ortho intramolecular Hbond substituents is 1. The van der Waals surface area contributed by atoms with Crippen molar-refractivity contribution in [1.82, 2.24) is 0 Å². The number of carbonyl (C=O) groups is 1. The molecule has 2 aromatic rings. The van der Waals surface area contributed by atoms with Crippen molar-refractivity contribution in [3.05, 3.63) is 56.0 Å². The van der Waals surface area contributed by atoms with E-state index in [2.05, 4.69) is 21.2 Å². The minimum Gasteiger partial charge on any atom is -0.508 e. The Morgan fingerprint density at radius 3 is 2.55 bits per heavy atom. The van der Waals surface area contributed by atoms with E-state index in [0.717, 1.165) is 0 Å². The molecule has 0 radical (unpaired) electrons. The number of anilines is 1. The summed E-state index contributed by atoms with van der Waals surface area (Å²) in [5.74, 6) is -0.307. The highest BCUT2D eigenvalue weighted by Crippen LogP contribution is 2.36. The Hall–Kier alpha value is -1.23. The number of nitrogens with one attached hydrogen (secondary N) is 1. The topological polar surface area (TPSA) is 49.3 Å². The predicted octanol–water partition coefficient (Wildman–Crippen LogP) is 5.02. The fourth-order valence-electron chi connectivity index (χ4n) is 1.57. The summed E-state index contributed by atoms with van der Waals surface area (Å²) in [6, 6.07) is 8.03. The second kappa shape index (κ2) is 6.04. The van der Waals surface area contributed by atoms with Crippen LogP contribution in [0.3, 0.4) is 0 Å². The van der Waals surface area contributed by atoms with Crippen molar-refractivity contribution in [3.63, 3.8) is 0 Å². The van der Waals surface area contributed by atoms with E-state index in [4.69, 9.17) is 23.2 Å². The van der Waals surface area contributed by atoms with Gasteiger partial charge in [0.2, 0.25) is 0 Å². The number of rotatable bonds is 2. The summed E-state index contributed by atoms with van der Waals surface area (Å²) < 4.78 is 0.648. The first kappa shape index (κ1) is 15.2. The molecule has 6 heteroatoms. The van der Waals surface area contributed by atoms with E-state index < -0.39 is 0 Å². The summed E-state index contributed by atoms with van der Waals surface area (Å²) in [5, 5.41) is 12.9. The van der Waals surface area contributed by atoms with Crippen LogP contribution in [0.5, 0.6) is 5.75 Å². The largest absolute Gasteiger partial charge is 0.508 e. The highest BCUT2D eigenvalue weighted by atomic mass is 79.9. The smallest absolute Gasteiger partial charge is 0.255 e. The molecule has 1 amide bonds. The van der Waals surface area contributed by atoms with Crippen molar-refractivity contribution < 1.29 is 9.90 Å². The maximum Gasteiger partial charge on any atom is 0.255 e. The highest BCUT2D eigenvalue weighted by molar-refractivity contribution is 9.10. The summed E-state index contributed by atoms with van der Waals surface area (Å²) in [5.41, 5.74) is 1.44. The molecule has 0 aromatic heterocycles. The molecule has 104 valence electrons. The zero-order valence-corrected chi connectivity index (χ0v) is 13.5. The number of benzene rings is 2. The van der Waals surface area contributed by atoms with E-state index in [1.54, 1.807) is 31.2 Å². The van der Waals surface area contributed by atoms with E-state index in [0.29, 0.717) is 26.3 Å². The molecule has 0 aliphatic rings. The first-order valence-corrected chi connectivity index (χ1v) is 7.19. The lowest BCUT2D eigenvalue weighted by Gasteiger charge is -2.10. The molecule has 0 fully saturated rings. The zero-order chi connectivity index (χ0) is 14.9. The Balaban J connectivity index is 2.28. The zero-order valence-electron chi connectivity index (χ0n) is 10.4. The van der Waals surface area contributed by atoms with E-state index >= 15 is 0 Å². The van der Waals surface area contributed by atoms with Gasteiger partial charge in [0.15, 0.2) is 0 Å². The van der Waals surface area contributed by atoms with Gasteiger partial charge in [0.05, 0.1) is 15.7 Å². The van der Waals surface area contributed by atoms with Crippen LogP contribution in [-0.2, 0) is 0 Å². The molecule has 0 heterocycles. The van der Waals surface area contributed by atoms with E-state index in [9.17, 15) is 9.90 Å². The normalized spacial score (nSPS) is 10.4. The van der Waals surface area contributed by atoms with E-state index in [-0.39, 0.29) is 16.7 Å². The molecular weight excluding hydrogens is 365 g/mol. The summed E-state index contributed by atoms with van der Waals surface area (Å²) in [7, 11) is 0. The maximum atomic E-state index is 12.1. The van der Waals surface area contributed by atoms with Crippen LogP contribution in [0.1, 0.15) is 15.9 Å². The highest BCUT2D eigenvalue weighted by Gasteiger charge is 2.13. The average molecular weight is 375 g/mol. The summed E-state index contributed by atoms with van der Waals surface area (Å²) in [6.07, 6.45) is 0. The predicted molar refractivity (Wildman–Crippen MR) is 85.0 cm³/mol. The van der Waals surface area contributed by atoms with Crippen molar-refractivity contribution in [1.29, 1.82) is 0 Å². The van der Waals surface area contributed by atoms with Gasteiger partial charge in [-0.1, -0.05) is 29.3 Å². The number of aryl methyl sites for hydroxylation is 1. The molecule has 0 atom stereocenters. The number of phenols is 1. The van der Waals surface area contributed by atoms with Gasteiger partial charge in [-0.05, 0) is 52.7 Å². The molecule has 0 aliphatic carbocycles. The maximum absolute atomic E-state index is 12.1. The van der Waals surface area contributed by atoms with Crippen molar-refractivity contribution in [3.8, 4) is 5.75 Å². The Kier molecular flexibility index (Phi) is 4.58. The molecule has 2 aromatic carbocycles. The van der Waals surface area contributed by atoms with Crippen LogP contribution >= 0.6 is 39.1 Å². The standard InChI is InChI=1S/C14H10BrCl2NO2/c1-7-2-3-8(6-11(7)19)14(20)18-10-5-4-9(15)12(16)13(10)17/h2-6,19H,1H3,(H,18,20). The van der Waals surface area contributed by atoms with Crippen molar-refractivity contribution >= 4 is 50.7 Å². The minimum absolute atomic E-state index is 0.0672. The molecular formula is C14H10BrCl2NO2. The molecule has 0 unspecified atom stereocenters. The van der Waals surface area contributed by atoms with Crippen molar-refractivity contribution in [2.75, 3.05) is 5.32 Å². The average Bonchev–Trinajstić information content (AvgIpc) is 2.42. The molecule has 3 nitrogen and oxygen atoms in total. The summed E-state index contributed by atoms with van der Waals surface area (Å²) in [6.45, 7) is 1.75. The second-order valence-electron chi connectivity index (χ2n) is 4.18. The Labute approximate surface area is 134 Å². The monoisotopic (exact) mass is 373 g/mol. The van der Waals surface area contributed by atoms with Gasteiger partial charge in [-0.2, -0.15) is 0 Å². The van der Waals surface area contributed by atoms with Gasteiger partial charge in [0, 0.05) is 10.0 Å². The first-order valence-electron chi connectivity index (χ1n) is 5.64. The third kappa shape index (κ3) is 3.08. The number of halogens is 3. The molecule has 0 saturated heterocycles. The molecule has 2 rings (SSSR count). The van der Waals surface area contributed by atoms with Gasteiger partial charge >= 0.3 is 0 Å². The second-order valence-corrected chi connectivity index (χ2v) is 5.79. The number of carbonyl (C=O) groups excluding carboxylic acids is 1. The fourth-order valence-corrected chi connectivity index (χ4v) is 2.39. The Morgan fingerprint density at radius 2 is 1.90 bits per heavy atom. The molecule has 0 bridgehead atoms. The van der Waals surface area contributed by atoms with Crippen LogP contribution in [0, 0.1) is 6.92 Å². The lowest BCUT2D eigenvalue weighted by molar-refractivity contribution is 0.102. The number of amides is 1. The van der Waals surface area contributed by atoms with Crippen LogP contribution in [0.25, 0.3) is 0 Å². The first-order chi connectivity index (χ1) is 9.40. The molecule has 0 spiro atoms. The minimum atomic E-state index is -0.374. The van der Waals surface area contributed by atoms with Gasteiger partial charge in [0.1, 0.15) is 5.75 Å². The quantitative estimate of drug-likeness (QED) is 0.725. The SMILES string of the molecule is Cc1ccc(C(=O)Nc2ccc(Br)c(Cl)c2Cl)cc1O. The third-order valence-electron chi connectivity index (χ3n) is 2.75. The van der Waals surface area contributed by atoms with Crippen LogP contribution in [0.2, 0.25) is 10.0 Å². The third-order valence-corrected chi connectivity index (χ3v) is 4.53. The lowest BCUT2D eigenvalue weighted by Crippen LogP contribution is -2.12. The fraction of sp³-hybridized carbons (Fsp3) is 0.0714. The van der Waals surface area contributed by atoms with Crippen LogP contribution in [0.4, 0.5) is 5.69 Å². The van der Waals surface area contributed by atoms with Gasteiger partial charge in [-0.3, -0.25) is 4.79 Å². The van der Waals surface area contributed by atoms with Gasteiger partial charge in [-0.25, -0.2) is 0 Å². The van der Waals surface area contributed by atoms with Gasteiger partial charge in [-0.15, -0.1) is 0 Å². The van der Waals surface area contributed by atoms with Gasteiger partial charge in [0.25, 0.3) is 5.91 Å². The summed E-state index contributed by atoms with van der Waals surface area (Å²) in [4.78, 5) is 12.1. The molecule has 2 N–H and O–H groups in total. The van der Waals surface area contributed by atoms with Crippen molar-refractivity contribution in [2.45, 2.75) is 6.92 Å². The molecule has 0 aliphatic heterocycles. The molecule has 0 saturated carbocycles. The number of hydrogen-bond acceptors (Lipinski definition) is 2. The molecule has 20 heavy (non-hydrogen) atoms. The Morgan fingerprint density at radius 1 is 1.20 bits per heavy atom. The van der Waals surface area contributed by atoms with Crippen molar-refractivity contribution in [2.24, 2.45) is 0 Å². The summed E-state index contributed by atoms with van der Waals surface area (Å²) >= 11 is 15.3. The lowest BCUT2D eigenvalue weighted by atomic mass is 10.1. The number of aromatic hydroxyl groups is 1. The van der Waals surface area contributed by atoms with Crippen LogP contribution in [-0.4, -0.2) is 11.0 Å².